The van der Waals surface area contributed by atoms with E-state index in [4.69, 9.17) is 16.9 Å². The van der Waals surface area contributed by atoms with Gasteiger partial charge in [0.1, 0.15) is 0 Å². The number of alkyl halides is 2. The van der Waals surface area contributed by atoms with Crippen molar-refractivity contribution in [3.8, 4) is 6.07 Å². The van der Waals surface area contributed by atoms with Gasteiger partial charge >= 0.3 is 0 Å². The number of benzene rings is 1. The van der Waals surface area contributed by atoms with Crippen LogP contribution in [0.5, 0.6) is 0 Å². The second kappa shape index (κ2) is 7.84. The van der Waals surface area contributed by atoms with Crippen molar-refractivity contribution in [3.63, 3.8) is 0 Å². The van der Waals surface area contributed by atoms with Gasteiger partial charge in [-0.25, -0.2) is 8.78 Å². The number of allylic oxidation sites excluding steroid dienone is 3. The summed E-state index contributed by atoms with van der Waals surface area (Å²) < 4.78 is 25.4. The summed E-state index contributed by atoms with van der Waals surface area (Å²) in [4.78, 5) is 1.33. The van der Waals surface area contributed by atoms with Gasteiger partial charge in [-0.1, -0.05) is 30.0 Å². The number of halogens is 3. The van der Waals surface area contributed by atoms with Gasteiger partial charge < -0.3 is 4.90 Å². The van der Waals surface area contributed by atoms with E-state index < -0.39 is 13.0 Å². The van der Waals surface area contributed by atoms with E-state index in [-0.39, 0.29) is 37.7 Å². The van der Waals surface area contributed by atoms with E-state index in [9.17, 15) is 8.78 Å². The van der Waals surface area contributed by atoms with Crippen LogP contribution in [0, 0.1) is 17.4 Å². The molecule has 0 spiro atoms. The molecule has 0 aromatic heterocycles. The molecule has 0 N–H and O–H groups in total. The molecule has 6 heteroatoms. The molecule has 1 heterocycles. The van der Waals surface area contributed by atoms with E-state index in [1.54, 1.807) is 24.3 Å². The van der Waals surface area contributed by atoms with Crippen LogP contribution < -0.4 is 0 Å². The molecule has 0 atom stereocenters. The fourth-order valence-electron chi connectivity index (χ4n) is 1.84. The van der Waals surface area contributed by atoms with Gasteiger partial charge in [-0.15, -0.1) is 12.1 Å². The maximum absolute atomic E-state index is 12.7. The summed E-state index contributed by atoms with van der Waals surface area (Å²) in [6.07, 6.45) is 1.86. The molecule has 1 aromatic carbocycles. The summed E-state index contributed by atoms with van der Waals surface area (Å²) in [5.41, 5.74) is 1.94. The molecule has 0 bridgehead atoms. The Morgan fingerprint density at radius 3 is 2.48 bits per heavy atom. The smallest absolute Gasteiger partial charge is 0.256 e. The number of nitriles is 1. The van der Waals surface area contributed by atoms with Crippen LogP contribution in [0.15, 0.2) is 47.6 Å². The monoisotopic (exact) mass is 380 g/mol. The SMILES string of the molecule is C=C1C(Cl)=C[C-]=C(c2ccc(C#N)cc2)N1CC(F)F.[Y]. The van der Waals surface area contributed by atoms with Gasteiger partial charge in [0.15, 0.2) is 0 Å². The average molecular weight is 381 g/mol. The van der Waals surface area contributed by atoms with E-state index in [0.717, 1.165) is 0 Å². The third kappa shape index (κ3) is 4.23. The number of hydrogen-bond acceptors (Lipinski definition) is 2. The predicted molar refractivity (Wildman–Crippen MR) is 73.6 cm³/mol. The van der Waals surface area contributed by atoms with Crippen molar-refractivity contribution in [1.29, 1.82) is 5.26 Å². The van der Waals surface area contributed by atoms with E-state index in [1.807, 2.05) is 6.07 Å². The van der Waals surface area contributed by atoms with Crippen molar-refractivity contribution in [2.24, 2.45) is 0 Å². The fraction of sp³-hybridized carbons (Fsp3) is 0.133. The van der Waals surface area contributed by atoms with Crippen LogP contribution in [-0.2, 0) is 32.7 Å². The molecular weight excluding hydrogens is 371 g/mol. The van der Waals surface area contributed by atoms with Crippen LogP contribution >= 0.6 is 11.6 Å². The van der Waals surface area contributed by atoms with Crippen molar-refractivity contribution in [2.45, 2.75) is 6.43 Å². The number of hydrogen-bond donors (Lipinski definition) is 0. The van der Waals surface area contributed by atoms with Crippen molar-refractivity contribution in [3.05, 3.63) is 64.9 Å². The number of nitrogens with zero attached hydrogens (tertiary/aromatic N) is 2. The first kappa shape index (κ1) is 18.0. The minimum Gasteiger partial charge on any atom is -0.368 e. The Bertz CT molecular complexity index is 630. The molecule has 0 amide bonds. The van der Waals surface area contributed by atoms with Crippen LogP contribution in [0.25, 0.3) is 5.70 Å². The Morgan fingerprint density at radius 2 is 1.95 bits per heavy atom. The second-order valence-corrected chi connectivity index (χ2v) is 4.53. The largest absolute Gasteiger partial charge is 0.368 e. The van der Waals surface area contributed by atoms with Gasteiger partial charge in [0.05, 0.1) is 12.6 Å². The molecular formula is C15H10ClF2N2Y-. The molecule has 2 rings (SSSR count). The van der Waals surface area contributed by atoms with Crippen LogP contribution in [0.3, 0.4) is 0 Å². The Hall–Kier alpha value is -1.02. The Morgan fingerprint density at radius 1 is 1.33 bits per heavy atom. The first-order valence-corrected chi connectivity index (χ1v) is 6.15. The van der Waals surface area contributed by atoms with Crippen molar-refractivity contribution in [2.75, 3.05) is 6.54 Å². The van der Waals surface area contributed by atoms with Crippen molar-refractivity contribution < 1.29 is 41.5 Å². The molecule has 0 unspecified atom stereocenters. The minimum absolute atomic E-state index is 0. The molecule has 0 saturated heterocycles. The summed E-state index contributed by atoms with van der Waals surface area (Å²) in [6.45, 7) is 3.21. The second-order valence-electron chi connectivity index (χ2n) is 4.12. The van der Waals surface area contributed by atoms with E-state index >= 15 is 0 Å². The predicted octanol–water partition coefficient (Wildman–Crippen LogP) is 3.92. The topological polar surface area (TPSA) is 27.0 Å². The van der Waals surface area contributed by atoms with Gasteiger partial charge in [0, 0.05) is 38.3 Å². The summed E-state index contributed by atoms with van der Waals surface area (Å²) in [5.74, 6) is 0. The van der Waals surface area contributed by atoms with E-state index in [0.29, 0.717) is 22.5 Å². The van der Waals surface area contributed by atoms with Crippen LogP contribution in [0.1, 0.15) is 11.1 Å². The van der Waals surface area contributed by atoms with Gasteiger partial charge in [0.25, 0.3) is 6.43 Å². The summed E-state index contributed by atoms with van der Waals surface area (Å²) >= 11 is 5.90. The maximum Gasteiger partial charge on any atom is 0.256 e. The van der Waals surface area contributed by atoms with Gasteiger partial charge in [-0.05, 0) is 10.7 Å². The molecule has 21 heavy (non-hydrogen) atoms. The number of rotatable bonds is 3. The molecule has 1 aliphatic rings. The molecule has 0 aliphatic carbocycles. The minimum atomic E-state index is -2.52. The Kier molecular flexibility index (Phi) is 6.73. The van der Waals surface area contributed by atoms with Crippen LogP contribution in [0.2, 0.25) is 0 Å². The van der Waals surface area contributed by atoms with E-state index in [1.165, 1.54) is 11.0 Å². The standard InChI is InChI=1S/C15H10ClF2N2.Y/c1-10-13(16)6-7-14(20(10)9-15(17)18)12-4-2-11(8-19)3-5-12;/h2-6,15H,1,9H2;/q-1;. The molecule has 1 aliphatic heterocycles. The van der Waals surface area contributed by atoms with Crippen LogP contribution in [0.4, 0.5) is 8.78 Å². The summed E-state index contributed by atoms with van der Waals surface area (Å²) in [6, 6.07) is 8.60. The zero-order chi connectivity index (χ0) is 14.7. The first-order valence-electron chi connectivity index (χ1n) is 5.77. The molecule has 1 radical (unpaired) electrons. The Labute approximate surface area is 152 Å². The van der Waals surface area contributed by atoms with E-state index in [2.05, 4.69) is 12.7 Å². The van der Waals surface area contributed by atoms with Crippen molar-refractivity contribution >= 4 is 17.3 Å². The summed E-state index contributed by atoms with van der Waals surface area (Å²) in [5, 5.41) is 9.04. The zero-order valence-electron chi connectivity index (χ0n) is 11.0. The third-order valence-corrected chi connectivity index (χ3v) is 3.14. The maximum atomic E-state index is 12.7. The fourth-order valence-corrected chi connectivity index (χ4v) is 1.99. The van der Waals surface area contributed by atoms with Gasteiger partial charge in [-0.2, -0.15) is 29.0 Å². The molecule has 1 aromatic rings. The molecule has 0 fully saturated rings. The Balaban J connectivity index is 0.00000220. The molecule has 0 saturated carbocycles. The normalized spacial score (nSPS) is 14.2. The molecule has 105 valence electrons. The third-order valence-electron chi connectivity index (χ3n) is 2.82. The van der Waals surface area contributed by atoms with Crippen LogP contribution in [-0.4, -0.2) is 17.9 Å². The zero-order valence-corrected chi connectivity index (χ0v) is 14.6. The van der Waals surface area contributed by atoms with Crippen molar-refractivity contribution in [1.82, 2.24) is 4.90 Å². The summed E-state index contributed by atoms with van der Waals surface area (Å²) in [7, 11) is 0. The van der Waals surface area contributed by atoms with Gasteiger partial charge in [0.2, 0.25) is 0 Å². The first-order chi connectivity index (χ1) is 9.52. The van der Waals surface area contributed by atoms with Gasteiger partial charge in [-0.3, -0.25) is 0 Å². The average Bonchev–Trinajstić information content (AvgIpc) is 2.44. The quantitative estimate of drug-likeness (QED) is 0.743. The molecule has 2 nitrogen and oxygen atoms in total.